The molecule has 8 nitrogen and oxygen atoms in total. The number of ether oxygens (including phenoxy) is 1. The fourth-order valence-electron chi connectivity index (χ4n) is 4.19. The van der Waals surface area contributed by atoms with Crippen LogP contribution in [0, 0.1) is 17.0 Å². The minimum atomic E-state index is -0.938. The van der Waals surface area contributed by atoms with Crippen LogP contribution in [0.2, 0.25) is 0 Å². The first-order valence-electron chi connectivity index (χ1n) is 11.5. The quantitative estimate of drug-likeness (QED) is 0.235. The third-order valence-electron chi connectivity index (χ3n) is 6.01. The lowest BCUT2D eigenvalue weighted by atomic mass is 9.98. The highest BCUT2D eigenvalue weighted by molar-refractivity contribution is 5.96. The summed E-state index contributed by atoms with van der Waals surface area (Å²) in [7, 11) is 0. The maximum atomic E-state index is 11.1. The molecule has 0 spiro atoms. The summed E-state index contributed by atoms with van der Waals surface area (Å²) in [4.78, 5) is 19.4. The number of hydrogen-bond donors (Lipinski definition) is 1. The van der Waals surface area contributed by atoms with E-state index in [2.05, 4.69) is 29.2 Å². The second kappa shape index (κ2) is 9.97. The number of rotatable bonds is 8. The highest BCUT2D eigenvalue weighted by atomic mass is 16.6. The van der Waals surface area contributed by atoms with Crippen LogP contribution in [0.15, 0.2) is 91.1 Å². The molecule has 0 bridgehead atoms. The van der Waals surface area contributed by atoms with E-state index in [0.717, 1.165) is 33.3 Å². The molecule has 0 aliphatic heterocycles. The van der Waals surface area contributed by atoms with Gasteiger partial charge in [-0.05, 0) is 52.4 Å². The number of nitro groups is 1. The molecule has 1 unspecified atom stereocenters. The van der Waals surface area contributed by atoms with Crippen LogP contribution < -0.4 is 4.74 Å². The fourth-order valence-corrected chi connectivity index (χ4v) is 4.19. The van der Waals surface area contributed by atoms with Crippen molar-refractivity contribution < 1.29 is 14.8 Å². The van der Waals surface area contributed by atoms with Crippen LogP contribution in [0.3, 0.4) is 0 Å². The molecule has 0 fully saturated rings. The van der Waals surface area contributed by atoms with Crippen molar-refractivity contribution in [3.8, 4) is 28.1 Å². The van der Waals surface area contributed by atoms with E-state index >= 15 is 0 Å². The number of aliphatic hydroxyl groups excluding tert-OH is 1. The topological polar surface area (TPSA) is 103 Å². The summed E-state index contributed by atoms with van der Waals surface area (Å²) in [6.07, 6.45) is 0.248. The largest absolute Gasteiger partial charge is 0.491 e. The van der Waals surface area contributed by atoms with Gasteiger partial charge < -0.3 is 20.0 Å². The van der Waals surface area contributed by atoms with Crippen molar-refractivity contribution in [1.29, 1.82) is 0 Å². The van der Waals surface area contributed by atoms with Crippen molar-refractivity contribution in [3.63, 3.8) is 0 Å². The van der Waals surface area contributed by atoms with Gasteiger partial charge in [-0.3, -0.25) is 0 Å². The Hall–Kier alpha value is -4.56. The van der Waals surface area contributed by atoms with Crippen molar-refractivity contribution >= 4 is 16.7 Å². The summed E-state index contributed by atoms with van der Waals surface area (Å²) in [5.41, 5.74) is 4.95. The van der Waals surface area contributed by atoms with Crippen LogP contribution in [0.25, 0.3) is 33.3 Å². The summed E-state index contributed by atoms with van der Waals surface area (Å²) in [5.74, 6) is 0.884. The SMILES string of the molecule is Cc1ncc([N+](=O)[O-])n1CC(O)COc1ccc(-c2cc(-c3ccccc3)c3ccccc3n2)cc1. The number of para-hydroxylation sites is 1. The molecular formula is C28H24N4O4. The molecule has 36 heavy (non-hydrogen) atoms. The number of benzene rings is 3. The highest BCUT2D eigenvalue weighted by Gasteiger charge is 2.21. The molecule has 0 amide bonds. The number of aliphatic hydroxyl groups is 1. The van der Waals surface area contributed by atoms with Gasteiger partial charge in [0, 0.05) is 17.9 Å². The van der Waals surface area contributed by atoms with Crippen molar-refractivity contribution in [1.82, 2.24) is 14.5 Å². The van der Waals surface area contributed by atoms with Gasteiger partial charge in [0.25, 0.3) is 0 Å². The number of aryl methyl sites for hydroxylation is 1. The van der Waals surface area contributed by atoms with E-state index in [1.165, 1.54) is 10.8 Å². The molecule has 2 aromatic heterocycles. The second-order valence-electron chi connectivity index (χ2n) is 8.46. The van der Waals surface area contributed by atoms with Crippen LogP contribution in [0.5, 0.6) is 5.75 Å². The second-order valence-corrected chi connectivity index (χ2v) is 8.46. The van der Waals surface area contributed by atoms with E-state index in [9.17, 15) is 15.2 Å². The average Bonchev–Trinajstić information content (AvgIpc) is 3.27. The minimum Gasteiger partial charge on any atom is -0.491 e. The van der Waals surface area contributed by atoms with Crippen molar-refractivity contribution in [2.24, 2.45) is 0 Å². The maximum absolute atomic E-state index is 11.1. The molecule has 0 radical (unpaired) electrons. The lowest BCUT2D eigenvalue weighted by Crippen LogP contribution is -2.24. The van der Waals surface area contributed by atoms with Crippen molar-refractivity contribution in [3.05, 3.63) is 107 Å². The van der Waals surface area contributed by atoms with E-state index in [4.69, 9.17) is 9.72 Å². The number of hydrogen-bond acceptors (Lipinski definition) is 6. The van der Waals surface area contributed by atoms with Gasteiger partial charge in [-0.1, -0.05) is 48.5 Å². The first kappa shape index (κ1) is 23.2. The Labute approximate surface area is 207 Å². The highest BCUT2D eigenvalue weighted by Crippen LogP contribution is 2.32. The van der Waals surface area contributed by atoms with E-state index in [1.54, 1.807) is 6.92 Å². The molecule has 0 aliphatic carbocycles. The minimum absolute atomic E-state index is 0.0134. The molecule has 0 saturated carbocycles. The fraction of sp³-hybridized carbons (Fsp3) is 0.143. The monoisotopic (exact) mass is 480 g/mol. The summed E-state index contributed by atoms with van der Waals surface area (Å²) in [6.45, 7) is 1.66. The van der Waals surface area contributed by atoms with Gasteiger partial charge in [0.1, 0.15) is 31.2 Å². The Kier molecular flexibility index (Phi) is 6.42. The molecule has 3 aromatic carbocycles. The number of fused-ring (bicyclic) bond motifs is 1. The predicted octanol–water partition coefficient (Wildman–Crippen LogP) is 5.42. The van der Waals surface area contributed by atoms with E-state index < -0.39 is 11.0 Å². The van der Waals surface area contributed by atoms with Gasteiger partial charge in [-0.15, -0.1) is 0 Å². The zero-order chi connectivity index (χ0) is 25.1. The zero-order valence-electron chi connectivity index (χ0n) is 19.6. The normalized spacial score (nSPS) is 11.9. The average molecular weight is 481 g/mol. The standard InChI is InChI=1S/C28H24N4O4/c1-19-29-16-28(32(34)35)31(19)17-22(33)18-36-23-13-11-21(12-14-23)27-15-25(20-7-3-2-4-8-20)24-9-5-6-10-26(24)30-27/h2-16,22,33H,17-18H2,1H3. The van der Waals surface area contributed by atoms with Gasteiger partial charge in [0.05, 0.1) is 11.2 Å². The van der Waals surface area contributed by atoms with E-state index in [1.807, 2.05) is 60.7 Å². The Morgan fingerprint density at radius 3 is 2.47 bits per heavy atom. The van der Waals surface area contributed by atoms with Gasteiger partial charge in [-0.25, -0.2) is 14.5 Å². The molecule has 180 valence electrons. The summed E-state index contributed by atoms with van der Waals surface area (Å²) < 4.78 is 7.10. The molecule has 2 heterocycles. The lowest BCUT2D eigenvalue weighted by molar-refractivity contribution is -0.392. The Bertz CT molecular complexity index is 1510. The summed E-state index contributed by atoms with van der Waals surface area (Å²) in [5, 5.41) is 22.6. The van der Waals surface area contributed by atoms with Crippen molar-refractivity contribution in [2.45, 2.75) is 19.6 Å². The van der Waals surface area contributed by atoms with E-state index in [0.29, 0.717) is 11.6 Å². The Balaban J connectivity index is 1.33. The molecular weight excluding hydrogens is 456 g/mol. The Morgan fingerprint density at radius 2 is 1.72 bits per heavy atom. The molecule has 5 aromatic rings. The van der Waals surface area contributed by atoms with Crippen LogP contribution >= 0.6 is 0 Å². The molecule has 5 rings (SSSR count). The summed E-state index contributed by atoms with van der Waals surface area (Å²) in [6, 6.07) is 27.9. The molecule has 0 saturated heterocycles. The van der Waals surface area contributed by atoms with Crippen LogP contribution in [-0.4, -0.2) is 37.3 Å². The molecule has 1 N–H and O–H groups in total. The number of nitrogens with zero attached hydrogens (tertiary/aromatic N) is 4. The lowest BCUT2D eigenvalue weighted by Gasteiger charge is -2.13. The van der Waals surface area contributed by atoms with Crippen LogP contribution in [-0.2, 0) is 6.54 Å². The van der Waals surface area contributed by atoms with Crippen LogP contribution in [0.4, 0.5) is 5.82 Å². The van der Waals surface area contributed by atoms with Gasteiger partial charge >= 0.3 is 5.82 Å². The van der Waals surface area contributed by atoms with E-state index in [-0.39, 0.29) is 19.0 Å². The number of imidazole rings is 1. The molecule has 1 atom stereocenters. The maximum Gasteiger partial charge on any atom is 0.342 e. The predicted molar refractivity (Wildman–Crippen MR) is 138 cm³/mol. The number of pyridine rings is 1. The summed E-state index contributed by atoms with van der Waals surface area (Å²) >= 11 is 0. The third kappa shape index (κ3) is 4.80. The van der Waals surface area contributed by atoms with Gasteiger partial charge in [0.15, 0.2) is 5.82 Å². The van der Waals surface area contributed by atoms with Crippen LogP contribution in [0.1, 0.15) is 5.82 Å². The Morgan fingerprint density at radius 1 is 1.00 bits per heavy atom. The van der Waals surface area contributed by atoms with Gasteiger partial charge in [0.2, 0.25) is 0 Å². The van der Waals surface area contributed by atoms with Gasteiger partial charge in [-0.2, -0.15) is 0 Å². The smallest absolute Gasteiger partial charge is 0.342 e. The molecule has 0 aliphatic rings. The first-order valence-corrected chi connectivity index (χ1v) is 11.5. The molecule has 8 heteroatoms. The first-order chi connectivity index (χ1) is 17.5. The number of aromatic nitrogens is 3. The van der Waals surface area contributed by atoms with Crippen molar-refractivity contribution in [2.75, 3.05) is 6.61 Å². The third-order valence-corrected chi connectivity index (χ3v) is 6.01. The zero-order valence-corrected chi connectivity index (χ0v) is 19.6.